The van der Waals surface area contributed by atoms with Gasteiger partial charge in [-0.1, -0.05) is 6.07 Å². The summed E-state index contributed by atoms with van der Waals surface area (Å²) in [6.45, 7) is 1.14. The van der Waals surface area contributed by atoms with Gasteiger partial charge in [0.15, 0.2) is 11.5 Å². The lowest BCUT2D eigenvalue weighted by Crippen LogP contribution is -2.19. The molecule has 1 aliphatic rings. The SMILES string of the molecule is CN(C)C[C@@H]1OCc2c1ccc(O)c2O. The fourth-order valence-corrected chi connectivity index (χ4v) is 1.85. The van der Waals surface area contributed by atoms with Crippen LogP contribution in [0.15, 0.2) is 12.1 Å². The zero-order valence-corrected chi connectivity index (χ0v) is 8.90. The van der Waals surface area contributed by atoms with Gasteiger partial charge in [-0.2, -0.15) is 0 Å². The van der Waals surface area contributed by atoms with Crippen LogP contribution < -0.4 is 0 Å². The van der Waals surface area contributed by atoms with Crippen LogP contribution in [0.5, 0.6) is 11.5 Å². The van der Waals surface area contributed by atoms with Crippen molar-refractivity contribution in [2.75, 3.05) is 20.6 Å². The Labute approximate surface area is 88.7 Å². The van der Waals surface area contributed by atoms with Crippen LogP contribution in [-0.2, 0) is 11.3 Å². The largest absolute Gasteiger partial charge is 0.504 e. The fraction of sp³-hybridized carbons (Fsp3) is 0.455. The van der Waals surface area contributed by atoms with Crippen LogP contribution >= 0.6 is 0 Å². The minimum Gasteiger partial charge on any atom is -0.504 e. The van der Waals surface area contributed by atoms with E-state index >= 15 is 0 Å². The first kappa shape index (κ1) is 10.3. The molecule has 0 spiro atoms. The van der Waals surface area contributed by atoms with Crippen LogP contribution in [-0.4, -0.2) is 35.8 Å². The van der Waals surface area contributed by atoms with Gasteiger partial charge in [0.1, 0.15) is 0 Å². The Balaban J connectivity index is 2.32. The van der Waals surface area contributed by atoms with Gasteiger partial charge in [-0.25, -0.2) is 0 Å². The number of phenols is 2. The molecule has 0 fully saturated rings. The van der Waals surface area contributed by atoms with Gasteiger partial charge in [0, 0.05) is 12.1 Å². The van der Waals surface area contributed by atoms with Crippen LogP contribution in [0.25, 0.3) is 0 Å². The number of benzene rings is 1. The molecule has 0 unspecified atom stereocenters. The highest BCUT2D eigenvalue weighted by Crippen LogP contribution is 2.40. The summed E-state index contributed by atoms with van der Waals surface area (Å²) >= 11 is 0. The number of nitrogens with zero attached hydrogens (tertiary/aromatic N) is 1. The third-order valence-corrected chi connectivity index (χ3v) is 2.60. The van der Waals surface area contributed by atoms with E-state index in [1.165, 1.54) is 6.07 Å². The lowest BCUT2D eigenvalue weighted by Gasteiger charge is -2.16. The van der Waals surface area contributed by atoms with Crippen molar-refractivity contribution < 1.29 is 14.9 Å². The van der Waals surface area contributed by atoms with Gasteiger partial charge < -0.3 is 19.8 Å². The van der Waals surface area contributed by atoms with E-state index in [9.17, 15) is 10.2 Å². The molecule has 82 valence electrons. The number of likely N-dealkylation sites (N-methyl/N-ethyl adjacent to an activating group) is 1. The Morgan fingerprint density at radius 3 is 2.80 bits per heavy atom. The highest BCUT2D eigenvalue weighted by atomic mass is 16.5. The molecule has 2 rings (SSSR count). The second kappa shape index (κ2) is 3.72. The minimum atomic E-state index is -0.0807. The lowest BCUT2D eigenvalue weighted by molar-refractivity contribution is 0.0471. The van der Waals surface area contributed by atoms with E-state index in [1.54, 1.807) is 0 Å². The Morgan fingerprint density at radius 1 is 1.40 bits per heavy atom. The van der Waals surface area contributed by atoms with Crippen LogP contribution in [0, 0.1) is 0 Å². The second-order valence-corrected chi connectivity index (χ2v) is 4.06. The summed E-state index contributed by atoms with van der Waals surface area (Å²) in [5, 5.41) is 19.0. The summed E-state index contributed by atoms with van der Waals surface area (Å²) in [6, 6.07) is 3.32. The maximum Gasteiger partial charge on any atom is 0.163 e. The lowest BCUT2D eigenvalue weighted by atomic mass is 10.0. The third kappa shape index (κ3) is 1.78. The minimum absolute atomic E-state index is 0.0125. The van der Waals surface area contributed by atoms with E-state index in [0.29, 0.717) is 12.2 Å². The predicted molar refractivity (Wildman–Crippen MR) is 55.9 cm³/mol. The normalized spacial score (nSPS) is 19.5. The Hall–Kier alpha value is -1.26. The fourth-order valence-electron chi connectivity index (χ4n) is 1.85. The van der Waals surface area contributed by atoms with Crippen molar-refractivity contribution in [3.63, 3.8) is 0 Å². The van der Waals surface area contributed by atoms with E-state index in [-0.39, 0.29) is 17.6 Å². The first-order valence-corrected chi connectivity index (χ1v) is 4.89. The molecule has 1 aromatic rings. The van der Waals surface area contributed by atoms with Crippen molar-refractivity contribution in [1.29, 1.82) is 0 Å². The molecule has 1 aliphatic heterocycles. The molecular weight excluding hydrogens is 194 g/mol. The predicted octanol–water partition coefficient (Wildman–Crippen LogP) is 1.23. The maximum absolute atomic E-state index is 9.63. The highest BCUT2D eigenvalue weighted by Gasteiger charge is 2.27. The third-order valence-electron chi connectivity index (χ3n) is 2.60. The van der Waals surface area contributed by atoms with Crippen LogP contribution in [0.1, 0.15) is 17.2 Å². The topological polar surface area (TPSA) is 52.9 Å². The average molecular weight is 209 g/mol. The molecule has 2 N–H and O–H groups in total. The summed E-state index contributed by atoms with van der Waals surface area (Å²) in [5.74, 6) is -0.128. The monoisotopic (exact) mass is 209 g/mol. The van der Waals surface area contributed by atoms with Crippen molar-refractivity contribution in [1.82, 2.24) is 4.90 Å². The summed E-state index contributed by atoms with van der Waals surface area (Å²) in [7, 11) is 3.95. The number of ether oxygens (including phenoxy) is 1. The van der Waals surface area contributed by atoms with E-state index in [4.69, 9.17) is 4.74 Å². The van der Waals surface area contributed by atoms with E-state index in [1.807, 2.05) is 25.1 Å². The molecule has 1 atom stereocenters. The first-order chi connectivity index (χ1) is 7.09. The second-order valence-electron chi connectivity index (χ2n) is 4.06. The number of rotatable bonds is 2. The van der Waals surface area contributed by atoms with Gasteiger partial charge in [-0.3, -0.25) is 0 Å². The standard InChI is InChI=1S/C11H15NO3/c1-12(2)5-10-7-3-4-9(13)11(14)8(7)6-15-10/h3-4,10,13-14H,5-6H2,1-2H3/t10-/m0/s1. The molecular formula is C11H15NO3. The number of fused-ring (bicyclic) bond motifs is 1. The highest BCUT2D eigenvalue weighted by molar-refractivity contribution is 5.50. The zero-order valence-electron chi connectivity index (χ0n) is 8.90. The molecule has 4 heteroatoms. The first-order valence-electron chi connectivity index (χ1n) is 4.89. The van der Waals surface area contributed by atoms with Crippen molar-refractivity contribution >= 4 is 0 Å². The molecule has 0 saturated heterocycles. The molecule has 4 nitrogen and oxygen atoms in total. The van der Waals surface area contributed by atoms with Gasteiger partial charge in [-0.15, -0.1) is 0 Å². The van der Waals surface area contributed by atoms with Crippen molar-refractivity contribution in [2.45, 2.75) is 12.7 Å². The van der Waals surface area contributed by atoms with E-state index < -0.39 is 0 Å². The van der Waals surface area contributed by atoms with Gasteiger partial charge in [0.2, 0.25) is 0 Å². The van der Waals surface area contributed by atoms with Crippen molar-refractivity contribution in [3.8, 4) is 11.5 Å². The van der Waals surface area contributed by atoms with Crippen LogP contribution in [0.4, 0.5) is 0 Å². The number of hydrogen-bond acceptors (Lipinski definition) is 4. The molecule has 0 radical (unpaired) electrons. The van der Waals surface area contributed by atoms with E-state index in [2.05, 4.69) is 0 Å². The molecule has 1 aromatic carbocycles. The molecule has 0 amide bonds. The Kier molecular flexibility index (Phi) is 2.54. The summed E-state index contributed by atoms with van der Waals surface area (Å²) in [4.78, 5) is 2.03. The average Bonchev–Trinajstić information content (AvgIpc) is 2.55. The summed E-state index contributed by atoms with van der Waals surface area (Å²) in [6.07, 6.45) is -0.0125. The molecule has 0 aromatic heterocycles. The van der Waals surface area contributed by atoms with E-state index in [0.717, 1.165) is 12.1 Å². The zero-order chi connectivity index (χ0) is 11.0. The molecule has 0 saturated carbocycles. The number of hydrogen-bond donors (Lipinski definition) is 2. The van der Waals surface area contributed by atoms with Gasteiger partial charge in [0.25, 0.3) is 0 Å². The quantitative estimate of drug-likeness (QED) is 0.719. The molecule has 1 heterocycles. The number of aromatic hydroxyl groups is 2. The summed E-state index contributed by atoms with van der Waals surface area (Å²) < 4.78 is 5.56. The van der Waals surface area contributed by atoms with Crippen LogP contribution in [0.2, 0.25) is 0 Å². The Bertz CT molecular complexity index is 376. The number of phenolic OH excluding ortho intramolecular Hbond substituents is 2. The van der Waals surface area contributed by atoms with Crippen molar-refractivity contribution in [3.05, 3.63) is 23.3 Å². The Morgan fingerprint density at radius 2 is 2.13 bits per heavy atom. The summed E-state index contributed by atoms with van der Waals surface area (Å²) in [5.41, 5.74) is 1.68. The smallest absolute Gasteiger partial charge is 0.163 e. The van der Waals surface area contributed by atoms with Gasteiger partial charge in [0.05, 0.1) is 12.7 Å². The molecule has 15 heavy (non-hydrogen) atoms. The molecule has 0 aliphatic carbocycles. The maximum atomic E-state index is 9.63. The van der Waals surface area contributed by atoms with Gasteiger partial charge >= 0.3 is 0 Å². The van der Waals surface area contributed by atoms with Crippen LogP contribution in [0.3, 0.4) is 0 Å². The molecule has 0 bridgehead atoms. The van der Waals surface area contributed by atoms with Crippen molar-refractivity contribution in [2.24, 2.45) is 0 Å². The van der Waals surface area contributed by atoms with Gasteiger partial charge in [-0.05, 0) is 25.7 Å².